The van der Waals surface area contributed by atoms with Crippen LogP contribution in [0.1, 0.15) is 38.8 Å². The Morgan fingerprint density at radius 3 is 2.33 bits per heavy atom. The predicted octanol–water partition coefficient (Wildman–Crippen LogP) is 6.71. The highest BCUT2D eigenvalue weighted by atomic mass is 14.0. The minimum absolute atomic E-state index is 1.24. The van der Waals surface area contributed by atoms with Gasteiger partial charge in [-0.1, -0.05) is 85.7 Å². The van der Waals surface area contributed by atoms with Crippen molar-refractivity contribution in [1.29, 1.82) is 0 Å². The molecule has 2 rings (SSSR count). The Bertz CT molecular complexity index is 655. The second kappa shape index (κ2) is 8.97. The molecule has 0 radical (unpaired) electrons. The van der Waals surface area contributed by atoms with Gasteiger partial charge in [-0.25, -0.2) is 0 Å². The molecule has 0 aliphatic rings. The first-order valence-electron chi connectivity index (χ1n) is 7.67. The number of allylic oxidation sites excluding steroid dienone is 5. The van der Waals surface area contributed by atoms with E-state index in [1.54, 1.807) is 0 Å². The van der Waals surface area contributed by atoms with E-state index < -0.39 is 0 Å². The van der Waals surface area contributed by atoms with Crippen LogP contribution >= 0.6 is 0 Å². The lowest BCUT2D eigenvalue weighted by atomic mass is 10.0. The fourth-order valence-electron chi connectivity index (χ4n) is 2.12. The molecule has 0 nitrogen and oxygen atoms in total. The van der Waals surface area contributed by atoms with Crippen LogP contribution in [0.4, 0.5) is 0 Å². The molecule has 0 aliphatic heterocycles. The molecule has 0 N–H and O–H groups in total. The average Bonchev–Trinajstić information content (AvgIpc) is 2.50. The molecular weight excluding hydrogens is 252 g/mol. The van der Waals surface area contributed by atoms with E-state index in [0.29, 0.717) is 0 Å². The van der Waals surface area contributed by atoms with Gasteiger partial charge in [0, 0.05) is 0 Å². The maximum absolute atomic E-state index is 2.23. The van der Waals surface area contributed by atoms with Crippen LogP contribution in [-0.2, 0) is 0 Å². The zero-order chi connectivity index (χ0) is 15.7. The van der Waals surface area contributed by atoms with E-state index in [0.717, 1.165) is 0 Å². The Balaban J connectivity index is 0.00000106. The van der Waals surface area contributed by atoms with Gasteiger partial charge in [0.2, 0.25) is 0 Å². The molecule has 0 bridgehead atoms. The molecule has 0 amide bonds. The van der Waals surface area contributed by atoms with Crippen LogP contribution < -0.4 is 0 Å². The summed E-state index contributed by atoms with van der Waals surface area (Å²) in [6.07, 6.45) is 10.5. The fraction of sp³-hybridized carbons (Fsp3) is 0.238. The average molecular weight is 278 g/mol. The van der Waals surface area contributed by atoms with Crippen LogP contribution in [0, 0.1) is 6.92 Å². The van der Waals surface area contributed by atoms with Crippen LogP contribution in [0.25, 0.3) is 16.8 Å². The van der Waals surface area contributed by atoms with Gasteiger partial charge in [0.15, 0.2) is 0 Å². The molecule has 2 aromatic rings. The van der Waals surface area contributed by atoms with Crippen molar-refractivity contribution in [3.8, 4) is 0 Å². The molecular formula is C21H26. The Kier molecular flexibility index (Phi) is 7.25. The van der Waals surface area contributed by atoms with E-state index in [1.165, 1.54) is 27.5 Å². The van der Waals surface area contributed by atoms with Gasteiger partial charge in [-0.15, -0.1) is 0 Å². The third kappa shape index (κ3) is 5.43. The molecule has 0 unspecified atom stereocenters. The van der Waals surface area contributed by atoms with Crippen LogP contribution in [0.15, 0.2) is 66.3 Å². The van der Waals surface area contributed by atoms with Gasteiger partial charge in [-0.2, -0.15) is 0 Å². The molecule has 0 heterocycles. The van der Waals surface area contributed by atoms with Crippen LogP contribution in [0.2, 0.25) is 0 Å². The molecule has 0 saturated carbocycles. The van der Waals surface area contributed by atoms with E-state index >= 15 is 0 Å². The third-order valence-corrected chi connectivity index (χ3v) is 3.10. The van der Waals surface area contributed by atoms with Crippen molar-refractivity contribution < 1.29 is 0 Å². The lowest BCUT2D eigenvalue weighted by molar-refractivity contribution is 1.50. The van der Waals surface area contributed by atoms with Gasteiger partial charge in [0.05, 0.1) is 0 Å². The first-order chi connectivity index (χ1) is 10.2. The van der Waals surface area contributed by atoms with E-state index in [2.05, 4.69) is 80.6 Å². The second-order valence-electron chi connectivity index (χ2n) is 4.88. The van der Waals surface area contributed by atoms with Gasteiger partial charge < -0.3 is 0 Å². The zero-order valence-corrected chi connectivity index (χ0v) is 13.9. The smallest absolute Gasteiger partial charge is 0.0178 e. The standard InChI is InChI=1S/C19H20.C2H6/c1-4-6-15(2)7-5-8-17-10-12-18-13-16(3)9-11-19(18)14-17;1-2/h4-14H,1-3H3;1-2H3/b6-4-,8-5+,15-7-;. The lowest BCUT2D eigenvalue weighted by Crippen LogP contribution is -1.77. The van der Waals surface area contributed by atoms with Gasteiger partial charge in [-0.3, -0.25) is 0 Å². The minimum Gasteiger partial charge on any atom is -0.0874 e. The highest BCUT2D eigenvalue weighted by Gasteiger charge is 1.94. The Morgan fingerprint density at radius 1 is 0.952 bits per heavy atom. The summed E-state index contributed by atoms with van der Waals surface area (Å²) in [5.74, 6) is 0. The summed E-state index contributed by atoms with van der Waals surface area (Å²) in [4.78, 5) is 0. The SMILES string of the molecule is CC.C\C=C/C(C)=C\C=C\c1ccc2cc(C)ccc2c1. The number of hydrogen-bond donors (Lipinski definition) is 0. The molecule has 110 valence electrons. The van der Waals surface area contributed by atoms with Crippen molar-refractivity contribution in [1.82, 2.24) is 0 Å². The molecule has 2 aromatic carbocycles. The van der Waals surface area contributed by atoms with E-state index in [-0.39, 0.29) is 0 Å². The topological polar surface area (TPSA) is 0 Å². The predicted molar refractivity (Wildman–Crippen MR) is 97.6 cm³/mol. The molecule has 0 atom stereocenters. The molecule has 0 saturated heterocycles. The van der Waals surface area contributed by atoms with Crippen molar-refractivity contribution in [3.05, 3.63) is 77.4 Å². The van der Waals surface area contributed by atoms with E-state index in [9.17, 15) is 0 Å². The number of benzene rings is 2. The molecule has 0 heteroatoms. The first kappa shape index (κ1) is 17.0. The van der Waals surface area contributed by atoms with Crippen LogP contribution in [0.3, 0.4) is 0 Å². The number of rotatable bonds is 3. The summed E-state index contributed by atoms with van der Waals surface area (Å²) in [7, 11) is 0. The summed E-state index contributed by atoms with van der Waals surface area (Å²) >= 11 is 0. The highest BCUT2D eigenvalue weighted by Crippen LogP contribution is 2.18. The zero-order valence-electron chi connectivity index (χ0n) is 13.9. The van der Waals surface area contributed by atoms with Gasteiger partial charge in [-0.05, 0) is 43.2 Å². The Hall–Kier alpha value is -2.08. The van der Waals surface area contributed by atoms with Crippen molar-refractivity contribution in [3.63, 3.8) is 0 Å². The van der Waals surface area contributed by atoms with Crippen LogP contribution in [0.5, 0.6) is 0 Å². The first-order valence-corrected chi connectivity index (χ1v) is 7.67. The van der Waals surface area contributed by atoms with Crippen molar-refractivity contribution in [2.24, 2.45) is 0 Å². The summed E-state index contributed by atoms with van der Waals surface area (Å²) in [6.45, 7) is 10.3. The summed E-state index contributed by atoms with van der Waals surface area (Å²) in [6, 6.07) is 13.1. The quantitative estimate of drug-likeness (QED) is 0.547. The Morgan fingerprint density at radius 2 is 1.62 bits per heavy atom. The van der Waals surface area contributed by atoms with Crippen molar-refractivity contribution in [2.75, 3.05) is 0 Å². The highest BCUT2D eigenvalue weighted by molar-refractivity contribution is 5.85. The maximum atomic E-state index is 2.23. The Labute approximate surface area is 129 Å². The third-order valence-electron chi connectivity index (χ3n) is 3.10. The number of hydrogen-bond acceptors (Lipinski definition) is 0. The maximum Gasteiger partial charge on any atom is -0.0178 e. The molecule has 21 heavy (non-hydrogen) atoms. The number of fused-ring (bicyclic) bond motifs is 1. The molecule has 0 spiro atoms. The minimum atomic E-state index is 1.24. The van der Waals surface area contributed by atoms with E-state index in [1.807, 2.05) is 20.8 Å². The van der Waals surface area contributed by atoms with E-state index in [4.69, 9.17) is 0 Å². The number of aryl methyl sites for hydroxylation is 1. The van der Waals surface area contributed by atoms with Crippen molar-refractivity contribution >= 4 is 16.8 Å². The monoisotopic (exact) mass is 278 g/mol. The van der Waals surface area contributed by atoms with Gasteiger partial charge in [0.25, 0.3) is 0 Å². The molecule has 0 aromatic heterocycles. The van der Waals surface area contributed by atoms with Gasteiger partial charge in [0.1, 0.15) is 0 Å². The summed E-state index contributed by atoms with van der Waals surface area (Å²) in [5.41, 5.74) is 3.80. The normalized spacial score (nSPS) is 12.0. The summed E-state index contributed by atoms with van der Waals surface area (Å²) in [5, 5.41) is 2.60. The largest absolute Gasteiger partial charge is 0.0874 e. The molecule has 0 aliphatic carbocycles. The summed E-state index contributed by atoms with van der Waals surface area (Å²) < 4.78 is 0. The second-order valence-corrected chi connectivity index (χ2v) is 4.88. The fourth-order valence-corrected chi connectivity index (χ4v) is 2.12. The van der Waals surface area contributed by atoms with Gasteiger partial charge >= 0.3 is 0 Å². The molecule has 0 fully saturated rings. The van der Waals surface area contributed by atoms with Crippen LogP contribution in [-0.4, -0.2) is 0 Å². The lowest BCUT2D eigenvalue weighted by Gasteiger charge is -2.01. The van der Waals surface area contributed by atoms with Crippen molar-refractivity contribution in [2.45, 2.75) is 34.6 Å².